The first-order valence-electron chi connectivity index (χ1n) is 0. The number of hydrogen-bond donors (Lipinski definition) is 0. The van der Waals surface area contributed by atoms with Crippen molar-refractivity contribution in [2.24, 2.45) is 0 Å². The molecule has 0 amide bonds. The molecule has 0 unspecified atom stereocenters. The van der Waals surface area contributed by atoms with Gasteiger partial charge in [-0.25, -0.2) is 0 Å². The van der Waals surface area contributed by atoms with Gasteiger partial charge in [0, 0.05) is 0 Å². The van der Waals surface area contributed by atoms with E-state index in [-0.39, 0.29) is 74.3 Å². The second-order valence-corrected chi connectivity index (χ2v) is 0. The zero-order chi connectivity index (χ0) is 0. The standard InChI is InChI=1S/3BH4.Na.Zn/h3*1H4;;/q3*-1;+1;+2. The Hall–Kier alpha value is 1.82. The monoisotopic (exact) mass is 132 g/mol. The summed E-state index contributed by atoms with van der Waals surface area (Å²) in [5.74, 6) is 0. The van der Waals surface area contributed by atoms with Crippen molar-refractivity contribution in [3.63, 3.8) is 0 Å². The van der Waals surface area contributed by atoms with Crippen LogP contribution in [0, 0.1) is 0 Å². The molecule has 0 heterocycles. The van der Waals surface area contributed by atoms with Gasteiger partial charge in [-0.05, 0) is 0 Å². The Balaban J connectivity index is 0. The fraction of sp³-hybridized carbons (Fsp3) is 0. The average molecular weight is 133 g/mol. The number of hydrogen-bond acceptors (Lipinski definition) is 0. The third-order valence-electron chi connectivity index (χ3n) is 0. The molecule has 0 atom stereocenters. The Labute approximate surface area is 73.6 Å². The molecule has 24 valence electrons. The summed E-state index contributed by atoms with van der Waals surface area (Å²) in [5.41, 5.74) is 0. The van der Waals surface area contributed by atoms with E-state index < -0.39 is 0 Å². The zero-order valence-electron chi connectivity index (χ0n) is 1.71. The van der Waals surface area contributed by atoms with Gasteiger partial charge in [-0.1, -0.05) is 25.2 Å². The van der Waals surface area contributed by atoms with Gasteiger partial charge in [0.1, 0.15) is 0 Å². The summed E-state index contributed by atoms with van der Waals surface area (Å²) in [6.07, 6.45) is 0. The van der Waals surface area contributed by atoms with Crippen molar-refractivity contribution in [3.05, 3.63) is 0 Å². The first kappa shape index (κ1) is 69.8. The summed E-state index contributed by atoms with van der Waals surface area (Å²) in [5, 5.41) is 0. The molecule has 0 N–H and O–H groups in total. The van der Waals surface area contributed by atoms with Crippen molar-refractivity contribution in [2.75, 3.05) is 0 Å². The molecule has 0 aliphatic heterocycles. The van der Waals surface area contributed by atoms with Crippen LogP contribution in [-0.4, -0.2) is 25.2 Å². The summed E-state index contributed by atoms with van der Waals surface area (Å²) in [6.45, 7) is 0. The summed E-state index contributed by atoms with van der Waals surface area (Å²) in [6, 6.07) is 0. The molecule has 0 bridgehead atoms. The molecule has 0 aliphatic carbocycles. The SMILES string of the molecule is [BH4-].[BH4-].[BH4-].[Na+].[Zn+2]. The topological polar surface area (TPSA) is 0 Å². The van der Waals surface area contributed by atoms with Gasteiger partial charge < -0.3 is 0 Å². The van der Waals surface area contributed by atoms with E-state index in [4.69, 9.17) is 0 Å². The Kier molecular flexibility index (Phi) is 571. The summed E-state index contributed by atoms with van der Waals surface area (Å²) < 4.78 is 0. The van der Waals surface area contributed by atoms with Crippen molar-refractivity contribution in [3.8, 4) is 0 Å². The molecule has 0 aromatic rings. The maximum atomic E-state index is 0. The normalized spacial score (nSPS) is 0. The predicted octanol–water partition coefficient (Wildman–Crippen LogP) is -7.35. The summed E-state index contributed by atoms with van der Waals surface area (Å²) in [7, 11) is 0. The van der Waals surface area contributed by atoms with E-state index in [0.717, 1.165) is 0 Å². The van der Waals surface area contributed by atoms with Crippen LogP contribution in [-0.2, 0) is 19.5 Å². The van der Waals surface area contributed by atoms with Crippen LogP contribution in [0.5, 0.6) is 0 Å². The van der Waals surface area contributed by atoms with E-state index in [1.807, 2.05) is 0 Å². The molecule has 5 heavy (non-hydrogen) atoms. The van der Waals surface area contributed by atoms with Crippen LogP contribution in [0.3, 0.4) is 0 Å². The van der Waals surface area contributed by atoms with Crippen molar-refractivity contribution >= 4 is 25.2 Å². The minimum absolute atomic E-state index is 0. The third kappa shape index (κ3) is 25.7. The first-order valence-corrected chi connectivity index (χ1v) is 0. The molecule has 0 saturated heterocycles. The van der Waals surface area contributed by atoms with Gasteiger partial charge in [-0.3, -0.25) is 0 Å². The second-order valence-electron chi connectivity index (χ2n) is 0. The van der Waals surface area contributed by atoms with Crippen LogP contribution in [0.4, 0.5) is 0 Å². The van der Waals surface area contributed by atoms with Crippen molar-refractivity contribution in [1.29, 1.82) is 0 Å². The van der Waals surface area contributed by atoms with Gasteiger partial charge in [-0.2, -0.15) is 0 Å². The third-order valence-corrected chi connectivity index (χ3v) is 0. The van der Waals surface area contributed by atoms with Crippen molar-refractivity contribution in [2.45, 2.75) is 0 Å². The van der Waals surface area contributed by atoms with E-state index in [1.165, 1.54) is 0 Å². The Morgan fingerprint density at radius 2 is 0.600 bits per heavy atom. The molecule has 0 aromatic heterocycles. The largest absolute Gasteiger partial charge is 2.00 e. The van der Waals surface area contributed by atoms with Crippen LogP contribution >= 0.6 is 0 Å². The van der Waals surface area contributed by atoms with Gasteiger partial charge in [0.25, 0.3) is 0 Å². The van der Waals surface area contributed by atoms with Gasteiger partial charge in [-0.15, -0.1) is 0 Å². The minimum Gasteiger partial charge on any atom is -0.0626 e. The molecule has 0 radical (unpaired) electrons. The predicted molar refractivity (Wildman–Crippen MR) is 34.0 cm³/mol. The fourth-order valence-electron chi connectivity index (χ4n) is 0. The molecule has 5 heteroatoms. The number of rotatable bonds is 0. The van der Waals surface area contributed by atoms with Crippen LogP contribution in [0.2, 0.25) is 0 Å². The fourth-order valence-corrected chi connectivity index (χ4v) is 0. The minimum atomic E-state index is 0. The maximum Gasteiger partial charge on any atom is 2.00 e. The Morgan fingerprint density at radius 3 is 0.600 bits per heavy atom. The van der Waals surface area contributed by atoms with Crippen LogP contribution in [0.1, 0.15) is 0 Å². The van der Waals surface area contributed by atoms with E-state index in [2.05, 4.69) is 0 Å². The van der Waals surface area contributed by atoms with E-state index >= 15 is 0 Å². The molecule has 0 aromatic carbocycles. The molecule has 0 rings (SSSR count). The molecule has 0 nitrogen and oxygen atoms in total. The molecule has 0 aliphatic rings. The van der Waals surface area contributed by atoms with Gasteiger partial charge >= 0.3 is 49.0 Å². The zero-order valence-corrected chi connectivity index (χ0v) is 6.67. The van der Waals surface area contributed by atoms with Crippen LogP contribution in [0.25, 0.3) is 0 Å². The molecular weight excluding hydrogens is 121 g/mol. The van der Waals surface area contributed by atoms with Gasteiger partial charge in [0.15, 0.2) is 0 Å². The van der Waals surface area contributed by atoms with Crippen LogP contribution < -0.4 is 29.6 Å². The second kappa shape index (κ2) is 40.9. The van der Waals surface area contributed by atoms with Gasteiger partial charge in [0.2, 0.25) is 0 Å². The average Bonchev–Trinajstić information content (AvgIpc) is 0. The van der Waals surface area contributed by atoms with E-state index in [1.54, 1.807) is 0 Å². The molecule has 0 fully saturated rings. The first-order chi connectivity index (χ1) is 0. The summed E-state index contributed by atoms with van der Waals surface area (Å²) >= 11 is 0. The quantitative estimate of drug-likeness (QED) is 0.288. The molecule has 0 saturated carbocycles. The Morgan fingerprint density at radius 1 is 0.600 bits per heavy atom. The van der Waals surface area contributed by atoms with Crippen molar-refractivity contribution < 1.29 is 49.0 Å². The molecular formula is H12B3NaZn. The Bertz CT molecular complexity index is 6.85. The van der Waals surface area contributed by atoms with Crippen molar-refractivity contribution in [1.82, 2.24) is 0 Å². The van der Waals surface area contributed by atoms with Crippen LogP contribution in [0.15, 0.2) is 0 Å². The van der Waals surface area contributed by atoms with Gasteiger partial charge in [0.05, 0.1) is 0 Å². The smallest absolute Gasteiger partial charge is 0.0626 e. The maximum absolute atomic E-state index is 0. The summed E-state index contributed by atoms with van der Waals surface area (Å²) in [4.78, 5) is 0. The van der Waals surface area contributed by atoms with E-state index in [9.17, 15) is 0 Å². The van der Waals surface area contributed by atoms with E-state index in [0.29, 0.717) is 0 Å². The molecule has 0 spiro atoms.